The van der Waals surface area contributed by atoms with E-state index in [2.05, 4.69) is 22.3 Å². The number of hydrogen-bond donors (Lipinski definition) is 3. The summed E-state index contributed by atoms with van der Waals surface area (Å²) in [5, 5.41) is 10.6. The summed E-state index contributed by atoms with van der Waals surface area (Å²) in [7, 11) is 0. The van der Waals surface area contributed by atoms with E-state index in [9.17, 15) is 9.59 Å². The van der Waals surface area contributed by atoms with Crippen LogP contribution in [0.1, 0.15) is 22.9 Å². The normalized spacial score (nSPS) is 14.9. The molecule has 3 aromatic rings. The first kappa shape index (κ1) is 19.3. The summed E-state index contributed by atoms with van der Waals surface area (Å²) in [6.45, 7) is 4.04. The Labute approximate surface area is 173 Å². The molecule has 1 aliphatic heterocycles. The molecule has 2 amide bonds. The van der Waals surface area contributed by atoms with Crippen LogP contribution in [0.5, 0.6) is 11.5 Å². The third-order valence-corrected chi connectivity index (χ3v) is 4.76. The van der Waals surface area contributed by atoms with Crippen molar-refractivity contribution in [1.82, 2.24) is 15.1 Å². The smallest absolute Gasteiger partial charge is 0.254 e. The number of rotatable bonds is 6. The molecule has 4 N–H and O–H groups in total. The number of anilines is 1. The Morgan fingerprint density at radius 1 is 1.17 bits per heavy atom. The fourth-order valence-corrected chi connectivity index (χ4v) is 3.38. The Morgan fingerprint density at radius 3 is 2.53 bits per heavy atom. The summed E-state index contributed by atoms with van der Waals surface area (Å²) >= 11 is 0. The molecule has 0 spiro atoms. The van der Waals surface area contributed by atoms with Gasteiger partial charge in [-0.15, -0.1) is 0 Å². The topological polar surface area (TPSA) is 111 Å². The van der Waals surface area contributed by atoms with Crippen LogP contribution in [0.4, 0.5) is 5.82 Å². The van der Waals surface area contributed by atoms with Crippen LogP contribution in [-0.2, 0) is 4.79 Å². The molecule has 30 heavy (non-hydrogen) atoms. The van der Waals surface area contributed by atoms with Crippen molar-refractivity contribution in [3.8, 4) is 22.8 Å². The number of nitrogens with zero attached hydrogens (tertiary/aromatic N) is 2. The van der Waals surface area contributed by atoms with Gasteiger partial charge in [0, 0.05) is 18.5 Å². The van der Waals surface area contributed by atoms with Crippen molar-refractivity contribution in [3.05, 3.63) is 72.8 Å². The average Bonchev–Trinajstić information content (AvgIpc) is 3.16. The van der Waals surface area contributed by atoms with E-state index in [0.717, 1.165) is 5.75 Å². The molecule has 1 aromatic heterocycles. The zero-order valence-corrected chi connectivity index (χ0v) is 16.2. The minimum Gasteiger partial charge on any atom is -0.457 e. The van der Waals surface area contributed by atoms with Crippen molar-refractivity contribution in [2.24, 2.45) is 5.73 Å². The number of primary amides is 1. The van der Waals surface area contributed by atoms with Gasteiger partial charge in [-0.25, -0.2) is 4.68 Å². The maximum Gasteiger partial charge on any atom is 0.254 e. The molecule has 1 atom stereocenters. The second-order valence-electron chi connectivity index (χ2n) is 6.76. The number of benzene rings is 2. The molecular formula is C22H21N5O3. The third-order valence-electron chi connectivity index (χ3n) is 4.76. The van der Waals surface area contributed by atoms with E-state index in [1.54, 1.807) is 16.8 Å². The molecule has 0 saturated carbocycles. The highest BCUT2D eigenvalue weighted by molar-refractivity contribution is 6.04. The Balaban J connectivity index is 1.68. The number of ether oxygens (including phenoxy) is 1. The largest absolute Gasteiger partial charge is 0.457 e. The second kappa shape index (κ2) is 8.12. The zero-order valence-electron chi connectivity index (χ0n) is 16.2. The Morgan fingerprint density at radius 2 is 1.87 bits per heavy atom. The number of hydrogen-bond acceptors (Lipinski definition) is 5. The fraction of sp³-hybridized carbons (Fsp3) is 0.136. The first-order valence-corrected chi connectivity index (χ1v) is 9.49. The molecule has 2 aromatic carbocycles. The Hall–Kier alpha value is -4.07. The monoisotopic (exact) mass is 403 g/mol. The second-order valence-corrected chi connectivity index (χ2v) is 6.76. The van der Waals surface area contributed by atoms with Gasteiger partial charge in [0.1, 0.15) is 34.7 Å². The number of fused-ring (bicyclic) bond motifs is 1. The molecule has 152 valence electrons. The van der Waals surface area contributed by atoms with Gasteiger partial charge in [0.25, 0.3) is 5.91 Å². The maximum atomic E-state index is 12.2. The predicted molar refractivity (Wildman–Crippen MR) is 113 cm³/mol. The Bertz CT molecular complexity index is 1090. The number of carbonyl (C=O) groups excluding carboxylic acids is 2. The number of carbonyl (C=O) groups is 2. The van der Waals surface area contributed by atoms with Gasteiger partial charge in [-0.3, -0.25) is 9.59 Å². The molecule has 4 rings (SSSR count). The van der Waals surface area contributed by atoms with E-state index in [0.29, 0.717) is 35.8 Å². The summed E-state index contributed by atoms with van der Waals surface area (Å²) < 4.78 is 7.41. The van der Waals surface area contributed by atoms with Gasteiger partial charge in [-0.05, 0) is 42.5 Å². The van der Waals surface area contributed by atoms with Gasteiger partial charge in [0.2, 0.25) is 5.91 Å². The summed E-state index contributed by atoms with van der Waals surface area (Å²) in [6, 6.07) is 16.7. The van der Waals surface area contributed by atoms with Gasteiger partial charge < -0.3 is 21.1 Å². The minimum atomic E-state index is -0.598. The lowest BCUT2D eigenvalue weighted by Gasteiger charge is -2.26. The van der Waals surface area contributed by atoms with E-state index in [4.69, 9.17) is 10.5 Å². The van der Waals surface area contributed by atoms with Gasteiger partial charge in [0.15, 0.2) is 0 Å². The van der Waals surface area contributed by atoms with E-state index < -0.39 is 12.1 Å². The SMILES string of the molecule is C=CC(=O)NC1CCNc2c(C(N)=O)c(-c3ccc(Oc4ccccc4)cc3)nn21. The summed E-state index contributed by atoms with van der Waals surface area (Å²) in [5.74, 6) is 0.962. The summed E-state index contributed by atoms with van der Waals surface area (Å²) in [5.41, 5.74) is 7.10. The molecule has 0 radical (unpaired) electrons. The van der Waals surface area contributed by atoms with Crippen LogP contribution in [0, 0.1) is 0 Å². The molecule has 1 unspecified atom stereocenters. The number of para-hydroxylation sites is 1. The number of nitrogens with one attached hydrogen (secondary N) is 2. The van der Waals surface area contributed by atoms with Crippen LogP contribution in [-0.4, -0.2) is 28.1 Å². The molecule has 8 heteroatoms. The van der Waals surface area contributed by atoms with E-state index >= 15 is 0 Å². The molecule has 8 nitrogen and oxygen atoms in total. The fourth-order valence-electron chi connectivity index (χ4n) is 3.38. The highest BCUT2D eigenvalue weighted by atomic mass is 16.5. The molecule has 0 fully saturated rings. The lowest BCUT2D eigenvalue weighted by Crippen LogP contribution is -2.37. The van der Waals surface area contributed by atoms with Crippen molar-refractivity contribution < 1.29 is 14.3 Å². The van der Waals surface area contributed by atoms with E-state index in [1.807, 2.05) is 42.5 Å². The van der Waals surface area contributed by atoms with Crippen molar-refractivity contribution >= 4 is 17.6 Å². The zero-order chi connectivity index (χ0) is 21.1. The minimum absolute atomic E-state index is 0.282. The summed E-state index contributed by atoms with van der Waals surface area (Å²) in [4.78, 5) is 24.0. The van der Waals surface area contributed by atoms with Gasteiger partial charge in [0.05, 0.1) is 0 Å². The van der Waals surface area contributed by atoms with Crippen LogP contribution < -0.4 is 21.1 Å². The van der Waals surface area contributed by atoms with Crippen LogP contribution in [0.15, 0.2) is 67.3 Å². The highest BCUT2D eigenvalue weighted by Gasteiger charge is 2.30. The number of nitrogens with two attached hydrogens (primary N) is 1. The molecule has 0 aliphatic carbocycles. The summed E-state index contributed by atoms with van der Waals surface area (Å²) in [6.07, 6.45) is 1.40. The van der Waals surface area contributed by atoms with Crippen LogP contribution in [0.25, 0.3) is 11.3 Å². The lowest BCUT2D eigenvalue weighted by atomic mass is 10.1. The van der Waals surface area contributed by atoms with Crippen molar-refractivity contribution in [1.29, 1.82) is 0 Å². The number of amides is 2. The van der Waals surface area contributed by atoms with E-state index in [-0.39, 0.29) is 11.5 Å². The predicted octanol–water partition coefficient (Wildman–Crippen LogP) is 3.06. The molecular weight excluding hydrogens is 382 g/mol. The molecule has 1 aliphatic rings. The first-order valence-electron chi connectivity index (χ1n) is 9.49. The van der Waals surface area contributed by atoms with Gasteiger partial charge in [-0.1, -0.05) is 24.8 Å². The van der Waals surface area contributed by atoms with E-state index in [1.165, 1.54) is 6.08 Å². The number of aromatic nitrogens is 2. The molecule has 0 bridgehead atoms. The lowest BCUT2D eigenvalue weighted by molar-refractivity contribution is -0.117. The van der Waals surface area contributed by atoms with Crippen molar-refractivity contribution in [3.63, 3.8) is 0 Å². The van der Waals surface area contributed by atoms with Crippen LogP contribution in [0.2, 0.25) is 0 Å². The Kier molecular flexibility index (Phi) is 5.21. The average molecular weight is 403 g/mol. The standard InChI is InChI=1S/C22H21N5O3/c1-2-18(28)25-17-12-13-24-22-19(21(23)29)20(26-27(17)22)14-8-10-16(11-9-14)30-15-6-4-3-5-7-15/h2-11,17,24H,1,12-13H2,(H2,23,29)(H,25,28). The third kappa shape index (κ3) is 3.75. The molecule has 2 heterocycles. The quantitative estimate of drug-likeness (QED) is 0.548. The van der Waals surface area contributed by atoms with Crippen LogP contribution in [0.3, 0.4) is 0 Å². The first-order chi connectivity index (χ1) is 14.6. The van der Waals surface area contributed by atoms with Gasteiger partial charge in [-0.2, -0.15) is 5.10 Å². The van der Waals surface area contributed by atoms with Crippen molar-refractivity contribution in [2.45, 2.75) is 12.6 Å². The van der Waals surface area contributed by atoms with Gasteiger partial charge >= 0.3 is 0 Å². The highest BCUT2D eigenvalue weighted by Crippen LogP contribution is 2.34. The molecule has 0 saturated heterocycles. The maximum absolute atomic E-state index is 12.2. The van der Waals surface area contributed by atoms with Crippen LogP contribution >= 0.6 is 0 Å². The van der Waals surface area contributed by atoms with Crippen molar-refractivity contribution in [2.75, 3.05) is 11.9 Å².